The molecule has 0 aliphatic heterocycles. The fourth-order valence-electron chi connectivity index (χ4n) is 7.34. The Hall–Kier alpha value is -1.62. The summed E-state index contributed by atoms with van der Waals surface area (Å²) in [6.07, 6.45) is 10.4. The van der Waals surface area contributed by atoms with E-state index >= 15 is 0 Å². The van der Waals surface area contributed by atoms with Gasteiger partial charge in [-0.2, -0.15) is 0 Å². The van der Waals surface area contributed by atoms with Crippen molar-refractivity contribution in [1.82, 2.24) is 0 Å². The average molecular weight is 457 g/mol. The van der Waals surface area contributed by atoms with Crippen molar-refractivity contribution in [3.63, 3.8) is 0 Å². The predicted molar refractivity (Wildman–Crippen MR) is 114 cm³/mol. The largest absolute Gasteiger partial charge is 0.426 e. The van der Waals surface area contributed by atoms with Gasteiger partial charge >= 0.3 is 11.6 Å². The van der Waals surface area contributed by atoms with E-state index in [-0.39, 0.29) is 21.3 Å². The van der Waals surface area contributed by atoms with E-state index in [1.165, 1.54) is 19.3 Å². The van der Waals surface area contributed by atoms with Crippen LogP contribution in [0.25, 0.3) is 11.0 Å². The van der Waals surface area contributed by atoms with E-state index in [1.54, 1.807) is 6.07 Å². The van der Waals surface area contributed by atoms with Crippen molar-refractivity contribution in [3.05, 3.63) is 39.7 Å². The van der Waals surface area contributed by atoms with E-state index in [1.807, 2.05) is 12.1 Å². The van der Waals surface area contributed by atoms with Crippen molar-refractivity contribution >= 4 is 32.9 Å². The van der Waals surface area contributed by atoms with Gasteiger partial charge in [0.1, 0.15) is 11.3 Å². The summed E-state index contributed by atoms with van der Waals surface area (Å²) in [5, 5.41) is 0.971. The van der Waals surface area contributed by atoms with Crippen molar-refractivity contribution in [3.8, 4) is 5.75 Å². The second kappa shape index (κ2) is 6.19. The molecule has 0 amide bonds. The number of carbonyl (C=O) groups is 1. The molecule has 5 aliphatic rings. The maximum atomic E-state index is 12.9. The molecule has 0 saturated heterocycles. The van der Waals surface area contributed by atoms with Crippen molar-refractivity contribution in [2.45, 2.75) is 68.5 Å². The number of benzene rings is 1. The van der Waals surface area contributed by atoms with Crippen LogP contribution in [0.5, 0.6) is 5.75 Å². The average Bonchev–Trinajstić information content (AvgIpc) is 3.09. The van der Waals surface area contributed by atoms with Crippen molar-refractivity contribution in [2.75, 3.05) is 0 Å². The Bertz CT molecular complexity index is 1070. The molecule has 4 fully saturated rings. The molecule has 2 unspecified atom stereocenters. The molecule has 4 nitrogen and oxygen atoms in total. The molecule has 2 atom stereocenters. The first-order valence-corrected chi connectivity index (χ1v) is 11.7. The monoisotopic (exact) mass is 456 g/mol. The highest BCUT2D eigenvalue weighted by atomic mass is 79.9. The molecular formula is C24H25BrO4. The molecule has 152 valence electrons. The summed E-state index contributed by atoms with van der Waals surface area (Å²) in [5.41, 5.74) is 2.28. The fourth-order valence-corrected chi connectivity index (χ4v) is 8.85. The van der Waals surface area contributed by atoms with Crippen molar-refractivity contribution in [1.29, 1.82) is 0 Å². The molecule has 1 heterocycles. The lowest BCUT2D eigenvalue weighted by molar-refractivity contribution is -0.141. The number of ether oxygens (including phenoxy) is 1. The molecule has 1 aromatic heterocycles. The summed E-state index contributed by atoms with van der Waals surface area (Å²) < 4.78 is 11.5. The van der Waals surface area contributed by atoms with Crippen LogP contribution in [0.4, 0.5) is 0 Å². The van der Waals surface area contributed by atoms with E-state index in [2.05, 4.69) is 15.9 Å². The first-order chi connectivity index (χ1) is 13.9. The number of halogens is 1. The summed E-state index contributed by atoms with van der Waals surface area (Å²) in [6, 6.07) is 5.48. The van der Waals surface area contributed by atoms with Crippen LogP contribution in [0.3, 0.4) is 0 Å². The minimum Gasteiger partial charge on any atom is -0.426 e. The van der Waals surface area contributed by atoms with Crippen LogP contribution in [0, 0.1) is 17.3 Å². The summed E-state index contributed by atoms with van der Waals surface area (Å²) in [6.45, 7) is 0. The number of hydrogen-bond acceptors (Lipinski definition) is 4. The third-order valence-electron chi connectivity index (χ3n) is 7.81. The number of alkyl halides is 1. The third-order valence-corrected chi connectivity index (χ3v) is 8.73. The Kier molecular flexibility index (Phi) is 3.88. The first-order valence-electron chi connectivity index (χ1n) is 10.9. The van der Waals surface area contributed by atoms with Gasteiger partial charge in [-0.3, -0.25) is 4.79 Å². The molecule has 29 heavy (non-hydrogen) atoms. The second-order valence-electron chi connectivity index (χ2n) is 10.1. The molecule has 4 saturated carbocycles. The van der Waals surface area contributed by atoms with Crippen LogP contribution in [-0.2, 0) is 17.6 Å². The minimum absolute atomic E-state index is 0.0922. The third kappa shape index (κ3) is 2.99. The lowest BCUT2D eigenvalue weighted by atomic mass is 9.49. The zero-order valence-electron chi connectivity index (χ0n) is 16.5. The van der Waals surface area contributed by atoms with Crippen molar-refractivity contribution in [2.24, 2.45) is 17.3 Å². The standard InChI is InChI=1S/C24H25BrO4/c25-24-10-14-6-15(11-24)9-23(8-14,13-24)12-21(26)28-16-4-5-18-17-2-1-3-19(17)22(27)29-20(18)7-16/h4-5,7,14-15H,1-3,6,8-13H2. The van der Waals surface area contributed by atoms with Crippen LogP contribution < -0.4 is 10.4 Å². The summed E-state index contributed by atoms with van der Waals surface area (Å²) in [7, 11) is 0. The highest BCUT2D eigenvalue weighted by Gasteiger charge is 2.57. The van der Waals surface area contributed by atoms with Crippen LogP contribution in [-0.4, -0.2) is 10.3 Å². The number of aryl methyl sites for hydroxylation is 1. The zero-order valence-corrected chi connectivity index (χ0v) is 18.1. The summed E-state index contributed by atoms with van der Waals surface area (Å²) >= 11 is 4.01. The van der Waals surface area contributed by atoms with Gasteiger partial charge in [-0.25, -0.2) is 4.79 Å². The Morgan fingerprint density at radius 1 is 1.14 bits per heavy atom. The maximum Gasteiger partial charge on any atom is 0.339 e. The molecular weight excluding hydrogens is 432 g/mol. The molecule has 0 spiro atoms. The molecule has 2 aromatic rings. The summed E-state index contributed by atoms with van der Waals surface area (Å²) in [4.78, 5) is 25.1. The summed E-state index contributed by atoms with van der Waals surface area (Å²) in [5.74, 6) is 1.81. The highest BCUT2D eigenvalue weighted by Crippen LogP contribution is 2.65. The highest BCUT2D eigenvalue weighted by molar-refractivity contribution is 9.10. The van der Waals surface area contributed by atoms with Gasteiger partial charge < -0.3 is 9.15 Å². The van der Waals surface area contributed by atoms with Gasteiger partial charge in [0.2, 0.25) is 0 Å². The van der Waals surface area contributed by atoms with E-state index < -0.39 is 0 Å². The van der Waals surface area contributed by atoms with Crippen LogP contribution in [0.1, 0.15) is 62.5 Å². The molecule has 0 N–H and O–H groups in total. The maximum absolute atomic E-state index is 12.9. The molecule has 5 aliphatic carbocycles. The van der Waals surface area contributed by atoms with Gasteiger partial charge in [-0.05, 0) is 92.7 Å². The van der Waals surface area contributed by atoms with Crippen LogP contribution in [0.15, 0.2) is 27.4 Å². The topological polar surface area (TPSA) is 56.5 Å². The Labute approximate surface area is 178 Å². The first kappa shape index (κ1) is 18.2. The quantitative estimate of drug-likeness (QED) is 0.271. The fraction of sp³-hybridized carbons (Fsp3) is 0.583. The number of carbonyl (C=O) groups excluding carboxylic acids is 1. The number of esters is 1. The van der Waals surface area contributed by atoms with Gasteiger partial charge in [0, 0.05) is 21.3 Å². The lowest BCUT2D eigenvalue weighted by Crippen LogP contribution is -2.53. The minimum atomic E-state index is -0.246. The molecule has 7 rings (SSSR count). The number of hydrogen-bond donors (Lipinski definition) is 0. The van der Waals surface area contributed by atoms with E-state index in [0.717, 1.165) is 66.9 Å². The van der Waals surface area contributed by atoms with Gasteiger partial charge in [-0.1, -0.05) is 15.9 Å². The van der Waals surface area contributed by atoms with Gasteiger partial charge in [0.05, 0.1) is 6.42 Å². The molecule has 4 bridgehead atoms. The smallest absolute Gasteiger partial charge is 0.339 e. The molecule has 5 heteroatoms. The van der Waals surface area contributed by atoms with Gasteiger partial charge in [-0.15, -0.1) is 0 Å². The van der Waals surface area contributed by atoms with E-state index in [4.69, 9.17) is 9.15 Å². The Balaban J connectivity index is 1.24. The number of fused-ring (bicyclic) bond motifs is 3. The number of rotatable bonds is 3. The SMILES string of the molecule is O=C(CC12CC3CC(CC(Br)(C3)C1)C2)Oc1ccc2c3c(c(=O)oc2c1)CCC3. The molecule has 1 aromatic carbocycles. The van der Waals surface area contributed by atoms with Crippen molar-refractivity contribution < 1.29 is 13.9 Å². The van der Waals surface area contributed by atoms with E-state index in [0.29, 0.717) is 17.8 Å². The normalized spacial score (nSPS) is 34.5. The Morgan fingerprint density at radius 2 is 1.90 bits per heavy atom. The van der Waals surface area contributed by atoms with E-state index in [9.17, 15) is 9.59 Å². The predicted octanol–water partition coefficient (Wildman–Crippen LogP) is 5.31. The van der Waals surface area contributed by atoms with Gasteiger partial charge in [0.25, 0.3) is 0 Å². The molecule has 0 radical (unpaired) electrons. The lowest BCUT2D eigenvalue weighted by Gasteiger charge is -2.60. The van der Waals surface area contributed by atoms with Crippen LogP contribution in [0.2, 0.25) is 0 Å². The van der Waals surface area contributed by atoms with Crippen LogP contribution >= 0.6 is 15.9 Å². The van der Waals surface area contributed by atoms with Gasteiger partial charge in [0.15, 0.2) is 0 Å². The Morgan fingerprint density at radius 3 is 2.66 bits per heavy atom. The second-order valence-corrected chi connectivity index (χ2v) is 11.8. The zero-order chi connectivity index (χ0) is 19.8.